The summed E-state index contributed by atoms with van der Waals surface area (Å²) < 4.78 is 5.23. The van der Waals surface area contributed by atoms with E-state index in [1.165, 1.54) is 0 Å². The van der Waals surface area contributed by atoms with E-state index >= 15 is 0 Å². The molecule has 0 radical (unpaired) electrons. The van der Waals surface area contributed by atoms with E-state index in [1.54, 1.807) is 25.6 Å². The Bertz CT molecular complexity index is 818. The number of nitrogens with zero attached hydrogens (tertiary/aromatic N) is 2. The van der Waals surface area contributed by atoms with Crippen LogP contribution in [0.15, 0.2) is 42.9 Å². The van der Waals surface area contributed by atoms with Gasteiger partial charge in [0.1, 0.15) is 18.0 Å². The molecule has 3 heterocycles. The summed E-state index contributed by atoms with van der Waals surface area (Å²) in [7, 11) is 1.60. The number of hydrogen-bond acceptors (Lipinski definition) is 6. The minimum atomic E-state index is -0.0931. The van der Waals surface area contributed by atoms with Crippen LogP contribution in [0, 0.1) is 0 Å². The standard InChI is InChI=1S/C16H15N5O2/c1-23-10-2-3-13-12(8-10)20-14(22)9-21(13)16-15-11(4-5-19-16)17-6-7-18-15/h2-8,17-18H,9H2,1H3,(H,20,22). The van der Waals surface area contributed by atoms with E-state index in [2.05, 4.69) is 20.9 Å². The molecule has 2 aromatic rings. The number of hydrogen-bond donors (Lipinski definition) is 3. The van der Waals surface area contributed by atoms with Gasteiger partial charge in [0.15, 0.2) is 5.82 Å². The van der Waals surface area contributed by atoms with E-state index in [4.69, 9.17) is 4.74 Å². The topological polar surface area (TPSA) is 78.5 Å². The number of amides is 1. The van der Waals surface area contributed by atoms with Crippen LogP contribution in [-0.2, 0) is 4.79 Å². The summed E-state index contributed by atoms with van der Waals surface area (Å²) in [6.07, 6.45) is 5.33. The van der Waals surface area contributed by atoms with Gasteiger partial charge >= 0.3 is 0 Å². The lowest BCUT2D eigenvalue weighted by Gasteiger charge is -2.32. The highest BCUT2D eigenvalue weighted by molar-refractivity contribution is 6.04. The second-order valence-corrected chi connectivity index (χ2v) is 5.20. The van der Waals surface area contributed by atoms with Crippen LogP contribution in [0.1, 0.15) is 0 Å². The Kier molecular flexibility index (Phi) is 3.04. The first-order valence-electron chi connectivity index (χ1n) is 7.19. The van der Waals surface area contributed by atoms with E-state index in [9.17, 15) is 4.79 Å². The van der Waals surface area contributed by atoms with Crippen LogP contribution in [0.25, 0.3) is 0 Å². The number of ether oxygens (including phenoxy) is 1. The van der Waals surface area contributed by atoms with Gasteiger partial charge in [0.2, 0.25) is 5.91 Å². The van der Waals surface area contributed by atoms with Gasteiger partial charge in [-0.15, -0.1) is 0 Å². The molecule has 1 aromatic heterocycles. The molecule has 4 rings (SSSR count). The highest BCUT2D eigenvalue weighted by Crippen LogP contribution is 2.41. The van der Waals surface area contributed by atoms with E-state index in [1.807, 2.05) is 29.3 Å². The van der Waals surface area contributed by atoms with Crippen molar-refractivity contribution < 1.29 is 9.53 Å². The third-order valence-electron chi connectivity index (χ3n) is 3.81. The summed E-state index contributed by atoms with van der Waals surface area (Å²) in [6, 6.07) is 7.47. The van der Waals surface area contributed by atoms with E-state index in [0.717, 1.165) is 17.1 Å². The first kappa shape index (κ1) is 13.4. The van der Waals surface area contributed by atoms with Crippen molar-refractivity contribution in [2.75, 3.05) is 34.5 Å². The van der Waals surface area contributed by atoms with Crippen molar-refractivity contribution in [1.82, 2.24) is 4.98 Å². The van der Waals surface area contributed by atoms with Gasteiger partial charge in [0.25, 0.3) is 0 Å². The fourth-order valence-corrected chi connectivity index (χ4v) is 2.76. The molecule has 7 nitrogen and oxygen atoms in total. The number of anilines is 5. The molecule has 0 fully saturated rings. The molecule has 2 aliphatic rings. The van der Waals surface area contributed by atoms with Crippen LogP contribution in [0.2, 0.25) is 0 Å². The molecule has 3 N–H and O–H groups in total. The van der Waals surface area contributed by atoms with Crippen LogP contribution < -0.4 is 25.6 Å². The van der Waals surface area contributed by atoms with Gasteiger partial charge in [-0.1, -0.05) is 0 Å². The summed E-state index contributed by atoms with van der Waals surface area (Å²) >= 11 is 0. The van der Waals surface area contributed by atoms with E-state index in [-0.39, 0.29) is 12.5 Å². The summed E-state index contributed by atoms with van der Waals surface area (Å²) in [4.78, 5) is 18.5. The molecule has 7 heteroatoms. The quantitative estimate of drug-likeness (QED) is 0.791. The molecular formula is C16H15N5O2. The molecular weight excluding hydrogens is 294 g/mol. The van der Waals surface area contributed by atoms with Crippen LogP contribution >= 0.6 is 0 Å². The first-order valence-corrected chi connectivity index (χ1v) is 7.19. The fourth-order valence-electron chi connectivity index (χ4n) is 2.76. The summed E-state index contributed by atoms with van der Waals surface area (Å²) in [5.41, 5.74) is 3.34. The second kappa shape index (κ2) is 5.20. The predicted octanol–water partition coefficient (Wildman–Crippen LogP) is 2.49. The first-order chi connectivity index (χ1) is 11.3. The summed E-state index contributed by atoms with van der Waals surface area (Å²) in [6.45, 7) is 0.203. The number of benzene rings is 1. The Morgan fingerprint density at radius 2 is 2.04 bits per heavy atom. The van der Waals surface area contributed by atoms with Gasteiger partial charge in [-0.25, -0.2) is 4.98 Å². The van der Waals surface area contributed by atoms with Crippen molar-refractivity contribution >= 4 is 34.5 Å². The largest absolute Gasteiger partial charge is 0.497 e. The molecule has 0 saturated carbocycles. The molecule has 2 aliphatic heterocycles. The molecule has 0 spiro atoms. The zero-order valence-electron chi connectivity index (χ0n) is 12.5. The number of aromatic nitrogens is 1. The normalized spacial score (nSPS) is 15.0. The lowest BCUT2D eigenvalue weighted by Crippen LogP contribution is -2.36. The number of pyridine rings is 1. The molecule has 0 bridgehead atoms. The second-order valence-electron chi connectivity index (χ2n) is 5.20. The molecule has 23 heavy (non-hydrogen) atoms. The van der Waals surface area contributed by atoms with Crippen molar-refractivity contribution in [2.45, 2.75) is 0 Å². The Balaban J connectivity index is 1.84. The van der Waals surface area contributed by atoms with Crippen LogP contribution in [0.4, 0.5) is 28.6 Å². The molecule has 0 atom stereocenters. The Labute approximate surface area is 133 Å². The maximum absolute atomic E-state index is 12.1. The molecule has 116 valence electrons. The van der Waals surface area contributed by atoms with Crippen molar-refractivity contribution in [3.8, 4) is 5.75 Å². The number of rotatable bonds is 2. The molecule has 0 aliphatic carbocycles. The van der Waals surface area contributed by atoms with Gasteiger partial charge in [0.05, 0.1) is 24.2 Å². The predicted molar refractivity (Wildman–Crippen MR) is 89.3 cm³/mol. The fraction of sp³-hybridized carbons (Fsp3) is 0.125. The summed E-state index contributed by atoms with van der Waals surface area (Å²) in [5.74, 6) is 1.29. The van der Waals surface area contributed by atoms with Crippen molar-refractivity contribution in [1.29, 1.82) is 0 Å². The lowest BCUT2D eigenvalue weighted by atomic mass is 10.1. The molecule has 1 amide bonds. The average Bonchev–Trinajstić information content (AvgIpc) is 2.60. The van der Waals surface area contributed by atoms with Crippen LogP contribution in [0.3, 0.4) is 0 Å². The van der Waals surface area contributed by atoms with E-state index in [0.29, 0.717) is 17.3 Å². The van der Waals surface area contributed by atoms with E-state index < -0.39 is 0 Å². The monoisotopic (exact) mass is 309 g/mol. The smallest absolute Gasteiger partial charge is 0.244 e. The van der Waals surface area contributed by atoms with Gasteiger partial charge < -0.3 is 25.6 Å². The zero-order valence-corrected chi connectivity index (χ0v) is 12.5. The number of methoxy groups -OCH3 is 1. The van der Waals surface area contributed by atoms with Crippen LogP contribution in [0.5, 0.6) is 5.75 Å². The average molecular weight is 309 g/mol. The van der Waals surface area contributed by atoms with Crippen molar-refractivity contribution in [3.63, 3.8) is 0 Å². The Morgan fingerprint density at radius 3 is 2.91 bits per heavy atom. The molecule has 0 unspecified atom stereocenters. The highest BCUT2D eigenvalue weighted by Gasteiger charge is 2.27. The third kappa shape index (κ3) is 2.22. The maximum Gasteiger partial charge on any atom is 0.244 e. The summed E-state index contributed by atoms with van der Waals surface area (Å²) in [5, 5.41) is 9.23. The number of nitrogens with one attached hydrogen (secondary N) is 3. The molecule has 0 saturated heterocycles. The van der Waals surface area contributed by atoms with Crippen molar-refractivity contribution in [2.24, 2.45) is 0 Å². The van der Waals surface area contributed by atoms with Gasteiger partial charge in [0, 0.05) is 24.7 Å². The van der Waals surface area contributed by atoms with Crippen molar-refractivity contribution in [3.05, 3.63) is 42.9 Å². The lowest BCUT2D eigenvalue weighted by molar-refractivity contribution is -0.115. The SMILES string of the molecule is COc1ccc2c(c1)NC(=O)CN2c1nccc2c1NC=CN2. The van der Waals surface area contributed by atoms with Gasteiger partial charge in [-0.05, 0) is 18.2 Å². The maximum atomic E-state index is 12.1. The van der Waals surface area contributed by atoms with Gasteiger partial charge in [-0.3, -0.25) is 4.79 Å². The number of carbonyl (C=O) groups is 1. The zero-order chi connectivity index (χ0) is 15.8. The van der Waals surface area contributed by atoms with Crippen LogP contribution in [-0.4, -0.2) is 24.5 Å². The number of fused-ring (bicyclic) bond motifs is 2. The van der Waals surface area contributed by atoms with Gasteiger partial charge in [-0.2, -0.15) is 0 Å². The third-order valence-corrected chi connectivity index (χ3v) is 3.81. The highest BCUT2D eigenvalue weighted by atomic mass is 16.5. The Hall–Kier alpha value is -3.22. The molecule has 1 aromatic carbocycles. The minimum Gasteiger partial charge on any atom is -0.497 e. The number of carbonyl (C=O) groups excluding carboxylic acids is 1. The minimum absolute atomic E-state index is 0.0931. The Morgan fingerprint density at radius 1 is 1.17 bits per heavy atom.